The molecule has 100 valence electrons. The van der Waals surface area contributed by atoms with Gasteiger partial charge in [-0.05, 0) is 41.1 Å². The second-order valence-electron chi connectivity index (χ2n) is 3.80. The molecule has 1 heterocycles. The molecule has 0 unspecified atom stereocenters. The number of nitrogens with one attached hydrogen (secondary N) is 2. The Balaban J connectivity index is 2.25. The van der Waals surface area contributed by atoms with E-state index in [9.17, 15) is 0 Å². The molecule has 6 nitrogen and oxygen atoms in total. The van der Waals surface area contributed by atoms with Gasteiger partial charge in [0.05, 0.1) is 11.6 Å². The fraction of sp³-hybridized carbons (Fsp3) is 0.167. The summed E-state index contributed by atoms with van der Waals surface area (Å²) in [5, 5.41) is 3.18. The average molecular weight is 324 g/mol. The van der Waals surface area contributed by atoms with Crippen molar-refractivity contribution in [2.24, 2.45) is 5.84 Å². The van der Waals surface area contributed by atoms with Crippen molar-refractivity contribution in [1.29, 1.82) is 0 Å². The lowest BCUT2D eigenvalue weighted by molar-refractivity contribution is 0.412. The summed E-state index contributed by atoms with van der Waals surface area (Å²) in [5.41, 5.74) is 3.39. The van der Waals surface area contributed by atoms with Crippen LogP contribution < -0.4 is 21.3 Å². The quantitative estimate of drug-likeness (QED) is 0.592. The minimum Gasteiger partial charge on any atom is -0.496 e. The first-order chi connectivity index (χ1) is 9.12. The average Bonchev–Trinajstić information content (AvgIpc) is 2.38. The molecule has 0 amide bonds. The van der Waals surface area contributed by atoms with Crippen molar-refractivity contribution in [1.82, 2.24) is 9.97 Å². The molecule has 1 aromatic heterocycles. The molecular formula is C12H14BrN5O. The van der Waals surface area contributed by atoms with Crippen LogP contribution in [0.15, 0.2) is 28.7 Å². The van der Waals surface area contributed by atoms with Crippen molar-refractivity contribution < 1.29 is 4.74 Å². The summed E-state index contributed by atoms with van der Waals surface area (Å²) >= 11 is 3.43. The minimum absolute atomic E-state index is 0.558. The first-order valence-electron chi connectivity index (χ1n) is 5.55. The van der Waals surface area contributed by atoms with Gasteiger partial charge in [-0.15, -0.1) is 0 Å². The maximum absolute atomic E-state index is 5.35. The van der Waals surface area contributed by atoms with Crippen molar-refractivity contribution in [3.05, 3.63) is 34.6 Å². The zero-order valence-electron chi connectivity index (χ0n) is 10.6. The number of methoxy groups -OCH3 is 1. The molecule has 0 atom stereocenters. The molecule has 0 saturated heterocycles. The zero-order valence-corrected chi connectivity index (χ0v) is 12.2. The number of ether oxygens (including phenoxy) is 1. The molecule has 0 spiro atoms. The second kappa shape index (κ2) is 5.85. The molecule has 0 aliphatic rings. The molecule has 0 aliphatic heterocycles. The lowest BCUT2D eigenvalue weighted by atomic mass is 10.3. The molecule has 0 bridgehead atoms. The van der Waals surface area contributed by atoms with Crippen LogP contribution in [0, 0.1) is 6.92 Å². The number of nitrogen functional groups attached to an aromatic ring is 1. The fourth-order valence-electron chi connectivity index (χ4n) is 1.60. The normalized spacial score (nSPS) is 10.1. The summed E-state index contributed by atoms with van der Waals surface area (Å²) in [6, 6.07) is 7.40. The van der Waals surface area contributed by atoms with E-state index in [1.165, 1.54) is 0 Å². The summed E-state index contributed by atoms with van der Waals surface area (Å²) in [4.78, 5) is 8.41. The van der Waals surface area contributed by atoms with Crippen LogP contribution in [-0.4, -0.2) is 17.1 Å². The maximum atomic E-state index is 5.35. The molecule has 19 heavy (non-hydrogen) atoms. The molecular weight excluding hydrogens is 310 g/mol. The van der Waals surface area contributed by atoms with Crippen LogP contribution >= 0.6 is 15.9 Å². The number of nitrogens with zero attached hydrogens (tertiary/aromatic N) is 2. The van der Waals surface area contributed by atoms with Gasteiger partial charge in [-0.25, -0.2) is 15.8 Å². The van der Waals surface area contributed by atoms with Crippen LogP contribution in [0.5, 0.6) is 5.75 Å². The van der Waals surface area contributed by atoms with Gasteiger partial charge in [0.2, 0.25) is 0 Å². The smallest absolute Gasteiger partial charge is 0.145 e. The van der Waals surface area contributed by atoms with Crippen molar-refractivity contribution in [3.63, 3.8) is 0 Å². The monoisotopic (exact) mass is 323 g/mol. The molecule has 0 fully saturated rings. The molecule has 7 heteroatoms. The van der Waals surface area contributed by atoms with Crippen molar-refractivity contribution in [2.75, 3.05) is 17.9 Å². The van der Waals surface area contributed by atoms with Crippen LogP contribution in [0.4, 0.5) is 17.3 Å². The number of anilines is 3. The number of rotatable bonds is 4. The first kappa shape index (κ1) is 13.6. The van der Waals surface area contributed by atoms with E-state index in [-0.39, 0.29) is 0 Å². The second-order valence-corrected chi connectivity index (χ2v) is 4.66. The lowest BCUT2D eigenvalue weighted by Crippen LogP contribution is -2.10. The third-order valence-electron chi connectivity index (χ3n) is 2.41. The number of aromatic nitrogens is 2. The van der Waals surface area contributed by atoms with Crippen molar-refractivity contribution >= 4 is 33.3 Å². The fourth-order valence-corrected chi connectivity index (χ4v) is 2.14. The van der Waals surface area contributed by atoms with E-state index in [1.54, 1.807) is 20.1 Å². The Kier molecular flexibility index (Phi) is 4.18. The first-order valence-corrected chi connectivity index (χ1v) is 6.34. The molecule has 0 radical (unpaired) electrons. The van der Waals surface area contributed by atoms with Crippen molar-refractivity contribution in [2.45, 2.75) is 6.92 Å². The third kappa shape index (κ3) is 3.33. The zero-order chi connectivity index (χ0) is 13.8. The Morgan fingerprint density at radius 1 is 1.21 bits per heavy atom. The molecule has 0 saturated carbocycles. The number of halogens is 1. The number of aryl methyl sites for hydroxylation is 1. The standard InChI is InChI=1S/C12H14BrN5O/c1-7-15-11(6-12(16-7)18-14)17-8-3-4-10(19-2)9(13)5-8/h3-6H,14H2,1-2H3,(H2,15,16,17,18). The maximum Gasteiger partial charge on any atom is 0.145 e. The molecule has 2 aromatic rings. The Morgan fingerprint density at radius 2 is 1.95 bits per heavy atom. The number of hydrazine groups is 1. The van der Waals surface area contributed by atoms with Crippen LogP contribution in [0.1, 0.15) is 5.82 Å². The van der Waals surface area contributed by atoms with Crippen LogP contribution in [0.3, 0.4) is 0 Å². The Morgan fingerprint density at radius 3 is 2.58 bits per heavy atom. The summed E-state index contributed by atoms with van der Waals surface area (Å²) in [6.45, 7) is 1.80. The predicted octanol–water partition coefficient (Wildman–Crippen LogP) is 2.59. The molecule has 1 aromatic carbocycles. The van der Waals surface area contributed by atoms with E-state index >= 15 is 0 Å². The van der Waals surface area contributed by atoms with Crippen molar-refractivity contribution in [3.8, 4) is 5.75 Å². The number of hydrogen-bond donors (Lipinski definition) is 3. The highest BCUT2D eigenvalue weighted by Gasteiger charge is 2.04. The van der Waals surface area contributed by atoms with E-state index in [4.69, 9.17) is 10.6 Å². The SMILES string of the molecule is COc1ccc(Nc2cc(NN)nc(C)n2)cc1Br. The Hall–Kier alpha value is -1.86. The summed E-state index contributed by atoms with van der Waals surface area (Å²) in [6.07, 6.45) is 0. The van der Waals surface area contributed by atoms with Gasteiger partial charge in [0.25, 0.3) is 0 Å². The highest BCUT2D eigenvalue weighted by atomic mass is 79.9. The van der Waals surface area contributed by atoms with Gasteiger partial charge < -0.3 is 15.5 Å². The summed E-state index contributed by atoms with van der Waals surface area (Å²) < 4.78 is 6.04. The topological polar surface area (TPSA) is 85.1 Å². The van der Waals surface area contributed by atoms with E-state index < -0.39 is 0 Å². The Bertz CT molecular complexity index is 590. The van der Waals surface area contributed by atoms with Gasteiger partial charge >= 0.3 is 0 Å². The van der Waals surface area contributed by atoms with Gasteiger partial charge in [-0.3, -0.25) is 0 Å². The van der Waals surface area contributed by atoms with Gasteiger partial charge in [0.15, 0.2) is 0 Å². The number of hydrogen-bond acceptors (Lipinski definition) is 6. The van der Waals surface area contributed by atoms with Gasteiger partial charge in [0, 0.05) is 11.8 Å². The predicted molar refractivity (Wildman–Crippen MR) is 78.6 cm³/mol. The highest BCUT2D eigenvalue weighted by molar-refractivity contribution is 9.10. The highest BCUT2D eigenvalue weighted by Crippen LogP contribution is 2.29. The largest absolute Gasteiger partial charge is 0.496 e. The van der Waals surface area contributed by atoms with Crippen LogP contribution in [0.2, 0.25) is 0 Å². The van der Waals surface area contributed by atoms with E-state index in [1.807, 2.05) is 18.2 Å². The third-order valence-corrected chi connectivity index (χ3v) is 3.03. The van der Waals surface area contributed by atoms with Gasteiger partial charge in [-0.2, -0.15) is 0 Å². The molecule has 0 aliphatic carbocycles. The minimum atomic E-state index is 0.558. The molecule has 4 N–H and O–H groups in total. The number of nitrogens with two attached hydrogens (primary N) is 1. The van der Waals surface area contributed by atoms with Crippen LogP contribution in [0.25, 0.3) is 0 Å². The summed E-state index contributed by atoms with van der Waals surface area (Å²) in [7, 11) is 1.63. The summed E-state index contributed by atoms with van der Waals surface area (Å²) in [5.74, 6) is 7.98. The lowest BCUT2D eigenvalue weighted by Gasteiger charge is -2.10. The van der Waals surface area contributed by atoms with Crippen LogP contribution in [-0.2, 0) is 0 Å². The number of benzene rings is 1. The molecule has 2 rings (SSSR count). The Labute approximate surface area is 119 Å². The van der Waals surface area contributed by atoms with E-state index in [2.05, 4.69) is 36.6 Å². The van der Waals surface area contributed by atoms with E-state index in [0.29, 0.717) is 17.5 Å². The van der Waals surface area contributed by atoms with Gasteiger partial charge in [0.1, 0.15) is 23.2 Å². The van der Waals surface area contributed by atoms with E-state index in [0.717, 1.165) is 15.9 Å². The van der Waals surface area contributed by atoms with Gasteiger partial charge in [-0.1, -0.05) is 0 Å².